The van der Waals surface area contributed by atoms with E-state index in [1.807, 2.05) is 0 Å². The van der Waals surface area contributed by atoms with Crippen molar-refractivity contribution in [2.75, 3.05) is 5.32 Å². The van der Waals surface area contributed by atoms with E-state index in [9.17, 15) is 8.42 Å². The van der Waals surface area contributed by atoms with Gasteiger partial charge >= 0.3 is 0 Å². The van der Waals surface area contributed by atoms with Gasteiger partial charge in [0.25, 0.3) is 0 Å². The standard InChI is InChI=1S/C14H9Cl2NO2S/c15-11-5-4-10(8-12(11)16)17-13-3-1-2-9-6-7-20(18,19)14(9)13/h1-8,17H. The van der Waals surface area contributed by atoms with Crippen molar-refractivity contribution in [2.45, 2.75) is 4.90 Å². The predicted molar refractivity (Wildman–Crippen MR) is 82.4 cm³/mol. The molecule has 0 unspecified atom stereocenters. The summed E-state index contributed by atoms with van der Waals surface area (Å²) in [7, 11) is -3.38. The fourth-order valence-electron chi connectivity index (χ4n) is 2.06. The molecule has 0 radical (unpaired) electrons. The van der Waals surface area contributed by atoms with Gasteiger partial charge in [0.2, 0.25) is 9.84 Å². The molecule has 0 bridgehead atoms. The van der Waals surface area contributed by atoms with Gasteiger partial charge in [-0.15, -0.1) is 0 Å². The summed E-state index contributed by atoms with van der Waals surface area (Å²) in [5.74, 6) is 0. The highest BCUT2D eigenvalue weighted by Crippen LogP contribution is 2.35. The molecule has 1 aliphatic heterocycles. The Morgan fingerprint density at radius 2 is 1.80 bits per heavy atom. The van der Waals surface area contributed by atoms with Crippen LogP contribution in [0.1, 0.15) is 5.56 Å². The Labute approximate surface area is 126 Å². The minimum absolute atomic E-state index is 0.283. The Hall–Kier alpha value is -1.49. The molecule has 102 valence electrons. The van der Waals surface area contributed by atoms with E-state index >= 15 is 0 Å². The smallest absolute Gasteiger partial charge is 0.202 e. The highest BCUT2D eigenvalue weighted by atomic mass is 35.5. The normalized spacial score (nSPS) is 15.1. The van der Waals surface area contributed by atoms with Crippen molar-refractivity contribution in [2.24, 2.45) is 0 Å². The van der Waals surface area contributed by atoms with E-state index in [0.29, 0.717) is 27.0 Å². The maximum absolute atomic E-state index is 12.0. The molecule has 6 heteroatoms. The Morgan fingerprint density at radius 1 is 1.00 bits per heavy atom. The molecular formula is C14H9Cl2NO2S. The summed E-state index contributed by atoms with van der Waals surface area (Å²) in [6.07, 6.45) is 1.59. The van der Waals surface area contributed by atoms with Gasteiger partial charge in [0, 0.05) is 11.1 Å². The second-order valence-corrected chi connectivity index (χ2v) is 6.91. The fourth-order valence-corrected chi connectivity index (χ4v) is 3.71. The Kier molecular flexibility index (Phi) is 3.24. The van der Waals surface area contributed by atoms with Crippen LogP contribution in [0.5, 0.6) is 0 Å². The van der Waals surface area contributed by atoms with Gasteiger partial charge in [-0.2, -0.15) is 0 Å². The molecule has 0 spiro atoms. The van der Waals surface area contributed by atoms with Crippen molar-refractivity contribution in [1.29, 1.82) is 0 Å². The minimum atomic E-state index is -3.38. The number of hydrogen-bond donors (Lipinski definition) is 1. The molecule has 0 saturated carbocycles. The van der Waals surface area contributed by atoms with Crippen molar-refractivity contribution in [1.82, 2.24) is 0 Å². The average Bonchev–Trinajstić information content (AvgIpc) is 2.71. The number of rotatable bonds is 2. The molecule has 0 aromatic heterocycles. The van der Waals surface area contributed by atoms with Crippen LogP contribution in [0.25, 0.3) is 6.08 Å². The van der Waals surface area contributed by atoms with Crippen LogP contribution in [0.3, 0.4) is 0 Å². The monoisotopic (exact) mass is 325 g/mol. The van der Waals surface area contributed by atoms with Gasteiger partial charge in [-0.1, -0.05) is 35.3 Å². The molecule has 0 aliphatic carbocycles. The number of sulfone groups is 1. The summed E-state index contributed by atoms with van der Waals surface area (Å²) < 4.78 is 24.0. The number of anilines is 2. The van der Waals surface area contributed by atoms with E-state index in [1.54, 1.807) is 42.5 Å². The third-order valence-electron chi connectivity index (χ3n) is 2.96. The first-order valence-corrected chi connectivity index (χ1v) is 8.06. The van der Waals surface area contributed by atoms with E-state index < -0.39 is 9.84 Å². The highest BCUT2D eigenvalue weighted by Gasteiger charge is 2.24. The average molecular weight is 326 g/mol. The molecule has 0 amide bonds. The van der Waals surface area contributed by atoms with Gasteiger partial charge in [-0.05, 0) is 35.9 Å². The van der Waals surface area contributed by atoms with Crippen molar-refractivity contribution < 1.29 is 8.42 Å². The second-order valence-electron chi connectivity index (χ2n) is 4.33. The molecule has 2 aromatic rings. The van der Waals surface area contributed by atoms with E-state index in [4.69, 9.17) is 23.2 Å². The number of benzene rings is 2. The molecule has 1 aliphatic rings. The van der Waals surface area contributed by atoms with Gasteiger partial charge in [0.1, 0.15) is 4.90 Å². The molecule has 1 heterocycles. The lowest BCUT2D eigenvalue weighted by atomic mass is 10.2. The second kappa shape index (κ2) is 4.81. The summed E-state index contributed by atoms with van der Waals surface area (Å²) in [6, 6.07) is 10.3. The van der Waals surface area contributed by atoms with Crippen LogP contribution in [-0.4, -0.2) is 8.42 Å². The van der Waals surface area contributed by atoms with Gasteiger partial charge < -0.3 is 5.32 Å². The van der Waals surface area contributed by atoms with Crippen LogP contribution in [-0.2, 0) is 9.84 Å². The molecule has 1 N–H and O–H groups in total. The van der Waals surface area contributed by atoms with Crippen LogP contribution in [0.2, 0.25) is 10.0 Å². The van der Waals surface area contributed by atoms with Gasteiger partial charge in [0.15, 0.2) is 0 Å². The Morgan fingerprint density at radius 3 is 2.55 bits per heavy atom. The van der Waals surface area contributed by atoms with Crippen LogP contribution in [0.4, 0.5) is 11.4 Å². The third-order valence-corrected chi connectivity index (χ3v) is 5.21. The number of nitrogens with one attached hydrogen (secondary N) is 1. The molecule has 0 atom stereocenters. The van der Waals surface area contributed by atoms with Crippen molar-refractivity contribution in [3.63, 3.8) is 0 Å². The van der Waals surface area contributed by atoms with E-state index in [1.165, 1.54) is 5.41 Å². The zero-order chi connectivity index (χ0) is 14.3. The lowest BCUT2D eigenvalue weighted by Gasteiger charge is -2.11. The topological polar surface area (TPSA) is 46.2 Å². The van der Waals surface area contributed by atoms with Crippen molar-refractivity contribution >= 4 is 50.5 Å². The molecule has 0 saturated heterocycles. The molecular weight excluding hydrogens is 317 g/mol. The summed E-state index contributed by atoms with van der Waals surface area (Å²) >= 11 is 11.8. The quantitative estimate of drug-likeness (QED) is 0.884. The number of fused-ring (bicyclic) bond motifs is 1. The van der Waals surface area contributed by atoms with E-state index in [-0.39, 0.29) is 4.90 Å². The van der Waals surface area contributed by atoms with E-state index in [0.717, 1.165) is 0 Å². The lowest BCUT2D eigenvalue weighted by Crippen LogP contribution is -2.00. The van der Waals surface area contributed by atoms with Crippen molar-refractivity contribution in [3.8, 4) is 0 Å². The first kappa shape index (κ1) is 13.5. The van der Waals surface area contributed by atoms with Gasteiger partial charge in [-0.3, -0.25) is 0 Å². The van der Waals surface area contributed by atoms with Crippen LogP contribution < -0.4 is 5.32 Å². The maximum atomic E-state index is 12.0. The maximum Gasteiger partial charge on any atom is 0.202 e. The number of halogens is 2. The summed E-state index contributed by atoms with van der Waals surface area (Å²) in [6.45, 7) is 0. The molecule has 20 heavy (non-hydrogen) atoms. The highest BCUT2D eigenvalue weighted by molar-refractivity contribution is 7.95. The zero-order valence-electron chi connectivity index (χ0n) is 10.1. The largest absolute Gasteiger partial charge is 0.354 e. The molecule has 0 fully saturated rings. The van der Waals surface area contributed by atoms with Crippen LogP contribution in [0, 0.1) is 0 Å². The SMILES string of the molecule is O=S1(=O)C=Cc2cccc(Nc3ccc(Cl)c(Cl)c3)c21. The minimum Gasteiger partial charge on any atom is -0.354 e. The summed E-state index contributed by atoms with van der Waals surface area (Å²) in [5.41, 5.74) is 1.87. The van der Waals surface area contributed by atoms with Crippen molar-refractivity contribution in [3.05, 3.63) is 57.4 Å². The van der Waals surface area contributed by atoms with E-state index in [2.05, 4.69) is 5.32 Å². The fraction of sp³-hybridized carbons (Fsp3) is 0. The number of hydrogen-bond acceptors (Lipinski definition) is 3. The summed E-state index contributed by atoms with van der Waals surface area (Å²) in [5, 5.41) is 5.13. The van der Waals surface area contributed by atoms with Crippen LogP contribution >= 0.6 is 23.2 Å². The first-order chi connectivity index (χ1) is 9.47. The first-order valence-electron chi connectivity index (χ1n) is 5.76. The third kappa shape index (κ3) is 2.30. The van der Waals surface area contributed by atoms with Gasteiger partial charge in [-0.25, -0.2) is 8.42 Å². The molecule has 3 nitrogen and oxygen atoms in total. The predicted octanol–water partition coefficient (Wildman–Crippen LogP) is 4.50. The lowest BCUT2D eigenvalue weighted by molar-refractivity contribution is 0.606. The molecule has 3 rings (SSSR count). The Bertz CT molecular complexity index is 829. The van der Waals surface area contributed by atoms with Gasteiger partial charge in [0.05, 0.1) is 15.7 Å². The molecule has 2 aromatic carbocycles. The summed E-state index contributed by atoms with van der Waals surface area (Å²) in [4.78, 5) is 0.283. The zero-order valence-corrected chi connectivity index (χ0v) is 12.4. The Balaban J connectivity index is 2.05. The van der Waals surface area contributed by atoms with Crippen LogP contribution in [0.15, 0.2) is 46.7 Å².